The third-order valence-electron chi connectivity index (χ3n) is 4.88. The molecule has 0 saturated heterocycles. The second kappa shape index (κ2) is 8.58. The molecule has 0 fully saturated rings. The Morgan fingerprint density at radius 1 is 1.19 bits per heavy atom. The molecule has 0 atom stereocenters. The number of amides is 1. The molecule has 2 aromatic carbocycles. The molecule has 0 radical (unpaired) electrons. The van der Waals surface area contributed by atoms with E-state index in [1.54, 1.807) is 32.4 Å². The largest absolute Gasteiger partial charge is 0.497 e. The summed E-state index contributed by atoms with van der Waals surface area (Å²) in [6.45, 7) is 1.88. The number of rotatable bonds is 6. The Hall–Kier alpha value is -3.70. The minimum atomic E-state index is -0.184. The average molecular weight is 433 g/mol. The topological polar surface area (TPSA) is 88.6 Å². The van der Waals surface area contributed by atoms with Gasteiger partial charge in [-0.15, -0.1) is 0 Å². The fourth-order valence-electron chi connectivity index (χ4n) is 3.40. The standard InChI is InChI=1S/C23H20N4O3S/c1-14-10-22(27-19-7-5-4-6-17(19)26-23(27)16(14)12-24)31-13-21(28)25-18-11-15(29-2)8-9-20(18)30-3/h4-11H,13H2,1-3H3,(H,25,28). The van der Waals surface area contributed by atoms with E-state index >= 15 is 0 Å². The average Bonchev–Trinajstić information content (AvgIpc) is 3.16. The number of nitriles is 1. The Labute approximate surface area is 183 Å². The first-order valence-electron chi connectivity index (χ1n) is 9.51. The highest BCUT2D eigenvalue weighted by molar-refractivity contribution is 7.99. The summed E-state index contributed by atoms with van der Waals surface area (Å²) in [4.78, 5) is 17.3. The minimum Gasteiger partial charge on any atom is -0.497 e. The highest BCUT2D eigenvalue weighted by atomic mass is 32.2. The van der Waals surface area contributed by atoms with E-state index in [9.17, 15) is 10.1 Å². The van der Waals surface area contributed by atoms with Crippen molar-refractivity contribution < 1.29 is 14.3 Å². The van der Waals surface area contributed by atoms with Crippen LogP contribution in [-0.4, -0.2) is 35.3 Å². The van der Waals surface area contributed by atoms with Crippen molar-refractivity contribution >= 4 is 40.0 Å². The van der Waals surface area contributed by atoms with E-state index in [1.165, 1.54) is 11.8 Å². The lowest BCUT2D eigenvalue weighted by Crippen LogP contribution is -2.15. The van der Waals surface area contributed by atoms with Crippen molar-refractivity contribution in [3.63, 3.8) is 0 Å². The van der Waals surface area contributed by atoms with E-state index in [4.69, 9.17) is 9.47 Å². The zero-order valence-corrected chi connectivity index (χ0v) is 18.1. The summed E-state index contributed by atoms with van der Waals surface area (Å²) in [7, 11) is 3.11. The molecule has 0 spiro atoms. The Morgan fingerprint density at radius 3 is 2.74 bits per heavy atom. The summed E-state index contributed by atoms with van der Waals surface area (Å²) >= 11 is 1.38. The number of nitrogens with one attached hydrogen (secondary N) is 1. The van der Waals surface area contributed by atoms with Crippen LogP contribution >= 0.6 is 11.8 Å². The van der Waals surface area contributed by atoms with Crippen LogP contribution in [-0.2, 0) is 4.79 Å². The number of methoxy groups -OCH3 is 2. The van der Waals surface area contributed by atoms with E-state index in [-0.39, 0.29) is 11.7 Å². The summed E-state index contributed by atoms with van der Waals surface area (Å²) in [5.41, 5.74) is 4.19. The number of hydrogen-bond donors (Lipinski definition) is 1. The van der Waals surface area contributed by atoms with Crippen molar-refractivity contribution in [3.05, 3.63) is 59.7 Å². The monoisotopic (exact) mass is 432 g/mol. The van der Waals surface area contributed by atoms with E-state index in [0.717, 1.165) is 21.6 Å². The van der Waals surface area contributed by atoms with Crippen LogP contribution in [0.2, 0.25) is 0 Å². The fourth-order valence-corrected chi connectivity index (χ4v) is 4.32. The van der Waals surface area contributed by atoms with E-state index in [1.807, 2.05) is 41.7 Å². The smallest absolute Gasteiger partial charge is 0.234 e. The van der Waals surface area contributed by atoms with Crippen LogP contribution < -0.4 is 14.8 Å². The number of fused-ring (bicyclic) bond motifs is 3. The molecule has 0 aliphatic carbocycles. The Kier molecular flexibility index (Phi) is 5.69. The quantitative estimate of drug-likeness (QED) is 0.454. The van der Waals surface area contributed by atoms with Gasteiger partial charge in [-0.3, -0.25) is 9.20 Å². The van der Waals surface area contributed by atoms with Crippen LogP contribution in [0, 0.1) is 18.3 Å². The first-order chi connectivity index (χ1) is 15.0. The van der Waals surface area contributed by atoms with Crippen LogP contribution in [0.15, 0.2) is 53.6 Å². The lowest BCUT2D eigenvalue weighted by molar-refractivity contribution is -0.113. The molecule has 2 aromatic heterocycles. The number of benzene rings is 2. The fraction of sp³-hybridized carbons (Fsp3) is 0.174. The highest BCUT2D eigenvalue weighted by Crippen LogP contribution is 2.31. The van der Waals surface area contributed by atoms with Crippen LogP contribution in [0.1, 0.15) is 11.1 Å². The van der Waals surface area contributed by atoms with Crippen molar-refractivity contribution in [3.8, 4) is 17.6 Å². The van der Waals surface area contributed by atoms with Crippen molar-refractivity contribution in [1.29, 1.82) is 5.26 Å². The van der Waals surface area contributed by atoms with Crippen LogP contribution in [0.3, 0.4) is 0 Å². The number of imidazole rings is 1. The third-order valence-corrected chi connectivity index (χ3v) is 5.89. The van der Waals surface area contributed by atoms with Gasteiger partial charge in [0.2, 0.25) is 5.91 Å². The van der Waals surface area contributed by atoms with Gasteiger partial charge in [-0.25, -0.2) is 4.98 Å². The van der Waals surface area contributed by atoms with Crippen molar-refractivity contribution in [2.24, 2.45) is 0 Å². The van der Waals surface area contributed by atoms with Gasteiger partial charge in [0.1, 0.15) is 17.6 Å². The molecule has 2 heterocycles. The maximum atomic E-state index is 12.7. The Morgan fingerprint density at radius 2 is 2.00 bits per heavy atom. The number of ether oxygens (including phenoxy) is 2. The number of aromatic nitrogens is 2. The summed E-state index contributed by atoms with van der Waals surface area (Å²) < 4.78 is 12.5. The molecule has 0 aliphatic heterocycles. The molecule has 0 saturated carbocycles. The molecule has 0 unspecified atom stereocenters. The lowest BCUT2D eigenvalue weighted by atomic mass is 10.2. The number of pyridine rings is 1. The van der Waals surface area contributed by atoms with Gasteiger partial charge in [0.15, 0.2) is 5.65 Å². The number of anilines is 1. The van der Waals surface area contributed by atoms with Gasteiger partial charge in [-0.1, -0.05) is 23.9 Å². The molecular formula is C23H20N4O3S. The zero-order chi connectivity index (χ0) is 22.0. The molecular weight excluding hydrogens is 412 g/mol. The summed E-state index contributed by atoms with van der Waals surface area (Å²) in [5, 5.41) is 13.3. The number of nitrogens with zero attached hydrogens (tertiary/aromatic N) is 3. The number of hydrogen-bond acceptors (Lipinski definition) is 6. The van der Waals surface area contributed by atoms with Crippen LogP contribution in [0.4, 0.5) is 5.69 Å². The van der Waals surface area contributed by atoms with Crippen molar-refractivity contribution in [1.82, 2.24) is 9.38 Å². The maximum absolute atomic E-state index is 12.7. The Bertz CT molecular complexity index is 1340. The van der Waals surface area contributed by atoms with Gasteiger partial charge in [0.25, 0.3) is 0 Å². The normalized spacial score (nSPS) is 10.8. The van der Waals surface area contributed by atoms with Crippen LogP contribution in [0.5, 0.6) is 11.5 Å². The number of carbonyl (C=O) groups excluding carboxylic acids is 1. The Balaban J connectivity index is 1.64. The molecule has 156 valence electrons. The maximum Gasteiger partial charge on any atom is 0.234 e. The van der Waals surface area contributed by atoms with Gasteiger partial charge in [0.05, 0.1) is 47.3 Å². The van der Waals surface area contributed by atoms with Crippen molar-refractivity contribution in [2.45, 2.75) is 11.9 Å². The molecule has 1 N–H and O–H groups in total. The highest BCUT2D eigenvalue weighted by Gasteiger charge is 2.17. The number of carbonyl (C=O) groups is 1. The summed E-state index contributed by atoms with van der Waals surface area (Å²) in [6, 6.07) is 17.1. The van der Waals surface area contributed by atoms with Crippen molar-refractivity contribution in [2.75, 3.05) is 25.3 Å². The van der Waals surface area contributed by atoms with Gasteiger partial charge < -0.3 is 14.8 Å². The van der Waals surface area contributed by atoms with Gasteiger partial charge >= 0.3 is 0 Å². The molecule has 1 amide bonds. The van der Waals surface area contributed by atoms with Gasteiger partial charge in [-0.2, -0.15) is 5.26 Å². The van der Waals surface area contributed by atoms with Crippen LogP contribution in [0.25, 0.3) is 16.7 Å². The van der Waals surface area contributed by atoms with Gasteiger partial charge in [-0.05, 0) is 42.8 Å². The molecule has 4 aromatic rings. The number of thioether (sulfide) groups is 1. The first-order valence-corrected chi connectivity index (χ1v) is 10.5. The summed E-state index contributed by atoms with van der Waals surface area (Å²) in [6.07, 6.45) is 0. The van der Waals surface area contributed by atoms with E-state index in [0.29, 0.717) is 28.4 Å². The molecule has 4 rings (SSSR count). The number of para-hydroxylation sites is 2. The first kappa shape index (κ1) is 20.6. The molecule has 7 nitrogen and oxygen atoms in total. The second-order valence-corrected chi connectivity index (χ2v) is 7.81. The van der Waals surface area contributed by atoms with E-state index in [2.05, 4.69) is 16.4 Å². The molecule has 8 heteroatoms. The third kappa shape index (κ3) is 3.88. The predicted octanol–water partition coefficient (Wildman–Crippen LogP) is 4.42. The number of aryl methyl sites for hydroxylation is 1. The van der Waals surface area contributed by atoms with Gasteiger partial charge in [0, 0.05) is 6.07 Å². The SMILES string of the molecule is COc1ccc(OC)c(NC(=O)CSc2cc(C)c(C#N)c3nc4ccccc4n23)c1. The predicted molar refractivity (Wildman–Crippen MR) is 121 cm³/mol. The lowest BCUT2D eigenvalue weighted by Gasteiger charge is -2.12. The molecule has 31 heavy (non-hydrogen) atoms. The second-order valence-electron chi connectivity index (χ2n) is 6.81. The summed E-state index contributed by atoms with van der Waals surface area (Å²) in [5.74, 6) is 1.17. The molecule has 0 aliphatic rings. The minimum absolute atomic E-state index is 0.174. The zero-order valence-electron chi connectivity index (χ0n) is 17.3. The molecule has 0 bridgehead atoms. The van der Waals surface area contributed by atoms with E-state index < -0.39 is 0 Å².